The Balaban J connectivity index is 1.48. The maximum absolute atomic E-state index is 5.91. The molecule has 0 aliphatic carbocycles. The van der Waals surface area contributed by atoms with Crippen molar-refractivity contribution in [1.29, 1.82) is 0 Å². The molecule has 1 saturated heterocycles. The lowest BCUT2D eigenvalue weighted by Crippen LogP contribution is -2.25. The number of benzene rings is 2. The number of halogens is 1. The molecule has 2 aromatic carbocycles. The number of hydrogen-bond acceptors (Lipinski definition) is 2. The molecule has 0 spiro atoms. The summed E-state index contributed by atoms with van der Waals surface area (Å²) in [6.45, 7) is 4.26. The molecule has 1 aliphatic heterocycles. The van der Waals surface area contributed by atoms with Crippen LogP contribution in [0.3, 0.4) is 0 Å². The van der Waals surface area contributed by atoms with E-state index in [0.29, 0.717) is 0 Å². The van der Waals surface area contributed by atoms with E-state index in [4.69, 9.17) is 16.3 Å². The Kier molecular flexibility index (Phi) is 5.36. The van der Waals surface area contributed by atoms with Gasteiger partial charge in [0.25, 0.3) is 0 Å². The van der Waals surface area contributed by atoms with Gasteiger partial charge in [0.15, 0.2) is 0 Å². The number of hydrogen-bond donors (Lipinski definition) is 0. The van der Waals surface area contributed by atoms with E-state index in [-0.39, 0.29) is 0 Å². The van der Waals surface area contributed by atoms with Gasteiger partial charge in [0.2, 0.25) is 0 Å². The molecule has 1 aliphatic rings. The second kappa shape index (κ2) is 7.66. The van der Waals surface area contributed by atoms with Crippen LogP contribution in [-0.2, 0) is 6.42 Å². The Hall–Kier alpha value is -1.51. The first kappa shape index (κ1) is 15.4. The van der Waals surface area contributed by atoms with Crippen LogP contribution in [0.25, 0.3) is 0 Å². The third-order valence-electron chi connectivity index (χ3n) is 4.12. The van der Waals surface area contributed by atoms with E-state index in [1.807, 2.05) is 12.1 Å². The van der Waals surface area contributed by atoms with Crippen molar-refractivity contribution in [3.05, 3.63) is 64.7 Å². The van der Waals surface area contributed by atoms with Crippen molar-refractivity contribution < 1.29 is 4.74 Å². The van der Waals surface area contributed by atoms with Gasteiger partial charge in [-0.3, -0.25) is 4.90 Å². The third-order valence-corrected chi connectivity index (χ3v) is 4.37. The standard InChI is InChI=1S/C19H22ClNO/c20-18-7-3-16(4-8-18)15-17-5-9-19(10-6-17)22-14-13-21-11-1-2-12-21/h3-10H,1-2,11-15H2. The predicted molar refractivity (Wildman–Crippen MR) is 91.9 cm³/mol. The van der Waals surface area contributed by atoms with Crippen LogP contribution in [0.5, 0.6) is 5.75 Å². The topological polar surface area (TPSA) is 12.5 Å². The molecule has 1 heterocycles. The molecular weight excluding hydrogens is 294 g/mol. The molecule has 0 radical (unpaired) electrons. The normalized spacial score (nSPS) is 15.1. The molecule has 3 rings (SSSR count). The Morgan fingerprint density at radius 2 is 1.45 bits per heavy atom. The van der Waals surface area contributed by atoms with E-state index in [1.54, 1.807) is 0 Å². The first-order valence-electron chi connectivity index (χ1n) is 7.98. The third kappa shape index (κ3) is 4.49. The van der Waals surface area contributed by atoms with Gasteiger partial charge in [0, 0.05) is 11.6 Å². The molecule has 0 saturated carbocycles. The molecular formula is C19H22ClNO. The van der Waals surface area contributed by atoms with Gasteiger partial charge in [0.05, 0.1) is 0 Å². The summed E-state index contributed by atoms with van der Waals surface area (Å²) in [5.41, 5.74) is 2.56. The van der Waals surface area contributed by atoms with Gasteiger partial charge in [-0.15, -0.1) is 0 Å². The maximum Gasteiger partial charge on any atom is 0.119 e. The zero-order valence-electron chi connectivity index (χ0n) is 12.8. The molecule has 3 heteroatoms. The number of rotatable bonds is 6. The molecule has 0 N–H and O–H groups in total. The molecule has 0 bridgehead atoms. The highest BCUT2D eigenvalue weighted by atomic mass is 35.5. The SMILES string of the molecule is Clc1ccc(Cc2ccc(OCCN3CCCC3)cc2)cc1. The zero-order chi connectivity index (χ0) is 15.2. The number of nitrogens with zero attached hydrogens (tertiary/aromatic N) is 1. The van der Waals surface area contributed by atoms with Crippen molar-refractivity contribution in [1.82, 2.24) is 4.90 Å². The highest BCUT2D eigenvalue weighted by molar-refractivity contribution is 6.30. The maximum atomic E-state index is 5.91. The molecule has 0 amide bonds. The van der Waals surface area contributed by atoms with Crippen LogP contribution in [0, 0.1) is 0 Å². The summed E-state index contributed by atoms with van der Waals surface area (Å²) in [5.74, 6) is 0.957. The lowest BCUT2D eigenvalue weighted by Gasteiger charge is -2.15. The molecule has 1 fully saturated rings. The fourth-order valence-corrected chi connectivity index (χ4v) is 2.97. The number of likely N-dealkylation sites (tertiary alicyclic amines) is 1. The van der Waals surface area contributed by atoms with E-state index in [0.717, 1.165) is 30.3 Å². The van der Waals surface area contributed by atoms with Gasteiger partial charge in [-0.05, 0) is 67.7 Å². The lowest BCUT2D eigenvalue weighted by molar-refractivity contribution is 0.238. The molecule has 116 valence electrons. The summed E-state index contributed by atoms with van der Waals surface area (Å²) < 4.78 is 5.83. The van der Waals surface area contributed by atoms with E-state index >= 15 is 0 Å². The molecule has 0 unspecified atom stereocenters. The zero-order valence-corrected chi connectivity index (χ0v) is 13.6. The van der Waals surface area contributed by atoms with Crippen LogP contribution >= 0.6 is 11.6 Å². The average molecular weight is 316 g/mol. The Morgan fingerprint density at radius 3 is 2.09 bits per heavy atom. The van der Waals surface area contributed by atoms with Crippen LogP contribution in [0.15, 0.2) is 48.5 Å². The Bertz CT molecular complexity index is 573. The molecule has 2 aromatic rings. The van der Waals surface area contributed by atoms with E-state index in [1.165, 1.54) is 37.1 Å². The number of ether oxygens (including phenoxy) is 1. The average Bonchev–Trinajstić information content (AvgIpc) is 3.05. The van der Waals surface area contributed by atoms with E-state index in [9.17, 15) is 0 Å². The summed E-state index contributed by atoms with van der Waals surface area (Å²) in [6.07, 6.45) is 3.59. The fourth-order valence-electron chi connectivity index (χ4n) is 2.84. The van der Waals surface area contributed by atoms with Crippen LogP contribution in [0.2, 0.25) is 5.02 Å². The predicted octanol–water partition coefficient (Wildman–Crippen LogP) is 4.41. The smallest absolute Gasteiger partial charge is 0.119 e. The van der Waals surface area contributed by atoms with Gasteiger partial charge in [-0.2, -0.15) is 0 Å². The van der Waals surface area contributed by atoms with Crippen LogP contribution in [0.1, 0.15) is 24.0 Å². The van der Waals surface area contributed by atoms with Crippen molar-refractivity contribution >= 4 is 11.6 Å². The highest BCUT2D eigenvalue weighted by Crippen LogP contribution is 2.17. The van der Waals surface area contributed by atoms with Crippen LogP contribution in [0.4, 0.5) is 0 Å². The minimum atomic E-state index is 0.774. The van der Waals surface area contributed by atoms with E-state index < -0.39 is 0 Å². The molecule has 22 heavy (non-hydrogen) atoms. The summed E-state index contributed by atoms with van der Waals surface area (Å²) in [4.78, 5) is 2.47. The van der Waals surface area contributed by atoms with Crippen molar-refractivity contribution in [3.63, 3.8) is 0 Å². The van der Waals surface area contributed by atoms with Crippen molar-refractivity contribution in [2.24, 2.45) is 0 Å². The second-order valence-corrected chi connectivity index (χ2v) is 6.28. The van der Waals surface area contributed by atoms with Gasteiger partial charge in [-0.25, -0.2) is 0 Å². The second-order valence-electron chi connectivity index (χ2n) is 5.84. The molecule has 2 nitrogen and oxygen atoms in total. The first-order valence-corrected chi connectivity index (χ1v) is 8.36. The molecule has 0 aromatic heterocycles. The van der Waals surface area contributed by atoms with Gasteiger partial charge < -0.3 is 4.74 Å². The fraction of sp³-hybridized carbons (Fsp3) is 0.368. The quantitative estimate of drug-likeness (QED) is 0.783. The Morgan fingerprint density at radius 1 is 0.864 bits per heavy atom. The van der Waals surface area contributed by atoms with Gasteiger partial charge in [-0.1, -0.05) is 35.9 Å². The van der Waals surface area contributed by atoms with Crippen molar-refractivity contribution in [3.8, 4) is 5.75 Å². The van der Waals surface area contributed by atoms with Crippen LogP contribution in [-0.4, -0.2) is 31.1 Å². The molecule has 0 atom stereocenters. The summed E-state index contributed by atoms with van der Waals surface area (Å²) in [6, 6.07) is 16.4. The first-order chi connectivity index (χ1) is 10.8. The summed E-state index contributed by atoms with van der Waals surface area (Å²) in [5, 5.41) is 0.783. The minimum absolute atomic E-state index is 0.774. The Labute approximate surface area is 137 Å². The minimum Gasteiger partial charge on any atom is -0.492 e. The van der Waals surface area contributed by atoms with Crippen LogP contribution < -0.4 is 4.74 Å². The summed E-state index contributed by atoms with van der Waals surface area (Å²) >= 11 is 5.91. The summed E-state index contributed by atoms with van der Waals surface area (Å²) in [7, 11) is 0. The monoisotopic (exact) mass is 315 g/mol. The largest absolute Gasteiger partial charge is 0.492 e. The van der Waals surface area contributed by atoms with Gasteiger partial charge in [0.1, 0.15) is 12.4 Å². The van der Waals surface area contributed by atoms with Gasteiger partial charge >= 0.3 is 0 Å². The van der Waals surface area contributed by atoms with E-state index in [2.05, 4.69) is 41.3 Å². The van der Waals surface area contributed by atoms with Crippen molar-refractivity contribution in [2.75, 3.05) is 26.2 Å². The van der Waals surface area contributed by atoms with Crippen molar-refractivity contribution in [2.45, 2.75) is 19.3 Å². The lowest BCUT2D eigenvalue weighted by atomic mass is 10.1. The highest BCUT2D eigenvalue weighted by Gasteiger charge is 2.10.